The first kappa shape index (κ1) is 13.9. The Hall–Kier alpha value is -1.50. The van der Waals surface area contributed by atoms with Crippen LogP contribution in [0.15, 0.2) is 31.1 Å². The van der Waals surface area contributed by atoms with Crippen LogP contribution < -0.4 is 5.32 Å². The molecule has 1 N–H and O–H groups in total. The summed E-state index contributed by atoms with van der Waals surface area (Å²) in [7, 11) is 1.64. The van der Waals surface area contributed by atoms with Crippen LogP contribution >= 0.6 is 0 Å². The fourth-order valence-corrected chi connectivity index (χ4v) is 2.11. The van der Waals surface area contributed by atoms with E-state index in [2.05, 4.69) is 16.9 Å². The van der Waals surface area contributed by atoms with Gasteiger partial charge in [-0.25, -0.2) is 4.98 Å². The van der Waals surface area contributed by atoms with Gasteiger partial charge in [0.05, 0.1) is 12.6 Å². The number of methoxy groups -OCH3 is 1. The van der Waals surface area contributed by atoms with Crippen molar-refractivity contribution in [2.75, 3.05) is 26.8 Å². The molecule has 0 spiro atoms. The van der Waals surface area contributed by atoms with Crippen molar-refractivity contribution in [3.05, 3.63) is 42.6 Å². The molecule has 1 aromatic rings. The second-order valence-corrected chi connectivity index (χ2v) is 4.30. The lowest BCUT2D eigenvalue weighted by atomic mass is 10.0. The third kappa shape index (κ3) is 3.50. The Labute approximate surface area is 112 Å². The number of nitrogens with one attached hydrogen (secondary N) is 1. The predicted octanol–water partition coefficient (Wildman–Crippen LogP) is 1.26. The van der Waals surface area contributed by atoms with Crippen LogP contribution in [0.2, 0.25) is 0 Å². The molecular weight excluding hydrogens is 249 g/mol. The Kier molecular flexibility index (Phi) is 4.84. The summed E-state index contributed by atoms with van der Waals surface area (Å²) in [4.78, 5) is 9.37. The molecule has 2 atom stereocenters. The molecule has 0 radical (unpaired) electrons. The van der Waals surface area contributed by atoms with Crippen LogP contribution in [0.4, 0.5) is 4.39 Å². The monoisotopic (exact) mass is 267 g/mol. The molecule has 1 aliphatic heterocycles. The van der Waals surface area contributed by atoms with Gasteiger partial charge in [-0.3, -0.25) is 4.84 Å². The smallest absolute Gasteiger partial charge is 0.213 e. The molecule has 1 unspecified atom stereocenters. The minimum absolute atomic E-state index is 0.0242. The average molecular weight is 267 g/mol. The molecule has 6 heteroatoms. The van der Waals surface area contributed by atoms with Gasteiger partial charge in [0.2, 0.25) is 5.95 Å². The van der Waals surface area contributed by atoms with E-state index in [0.717, 1.165) is 5.56 Å². The molecular formula is C13H18FN3O2. The number of halogens is 1. The van der Waals surface area contributed by atoms with E-state index < -0.39 is 5.95 Å². The van der Waals surface area contributed by atoms with Crippen LogP contribution in [0.1, 0.15) is 11.7 Å². The van der Waals surface area contributed by atoms with E-state index in [-0.39, 0.29) is 12.1 Å². The van der Waals surface area contributed by atoms with Crippen LogP contribution in [-0.2, 0) is 9.57 Å². The van der Waals surface area contributed by atoms with Crippen molar-refractivity contribution in [2.45, 2.75) is 12.1 Å². The summed E-state index contributed by atoms with van der Waals surface area (Å²) < 4.78 is 18.2. The third-order valence-electron chi connectivity index (χ3n) is 2.98. The normalized spacial score (nSPS) is 23.5. The van der Waals surface area contributed by atoms with Crippen LogP contribution in [0.25, 0.3) is 0 Å². The molecule has 1 saturated heterocycles. The zero-order chi connectivity index (χ0) is 13.7. The minimum atomic E-state index is -0.506. The Morgan fingerprint density at radius 1 is 1.74 bits per heavy atom. The van der Waals surface area contributed by atoms with Crippen molar-refractivity contribution in [2.24, 2.45) is 0 Å². The average Bonchev–Trinajstić information content (AvgIpc) is 2.80. The number of hydrogen-bond donors (Lipinski definition) is 1. The van der Waals surface area contributed by atoms with Gasteiger partial charge < -0.3 is 10.1 Å². The summed E-state index contributed by atoms with van der Waals surface area (Å²) in [5, 5.41) is 4.95. The number of hydroxylamine groups is 2. The Bertz CT molecular complexity index is 430. The molecule has 0 amide bonds. The minimum Gasteiger partial charge on any atom is -0.384 e. The van der Waals surface area contributed by atoms with Gasteiger partial charge in [0.25, 0.3) is 0 Å². The summed E-state index contributed by atoms with van der Waals surface area (Å²) >= 11 is 0. The highest BCUT2D eigenvalue weighted by Gasteiger charge is 2.34. The number of nitrogens with zero attached hydrogens (tertiary/aromatic N) is 2. The predicted molar refractivity (Wildman–Crippen MR) is 68.6 cm³/mol. The SMILES string of the molecule is C=CNC1CN(CCOC)O[C@H]1c1ccnc(F)c1. The number of pyridine rings is 1. The lowest BCUT2D eigenvalue weighted by molar-refractivity contribution is -0.154. The molecule has 0 aromatic carbocycles. The second kappa shape index (κ2) is 6.60. The summed E-state index contributed by atoms with van der Waals surface area (Å²) in [6, 6.07) is 3.17. The summed E-state index contributed by atoms with van der Waals surface area (Å²) in [5.74, 6) is -0.506. The number of rotatable bonds is 6. The molecule has 0 bridgehead atoms. The van der Waals surface area contributed by atoms with Gasteiger partial charge in [-0.2, -0.15) is 9.45 Å². The molecule has 1 fully saturated rings. The number of aromatic nitrogens is 1. The largest absolute Gasteiger partial charge is 0.384 e. The molecule has 2 heterocycles. The van der Waals surface area contributed by atoms with Crippen molar-refractivity contribution < 1.29 is 14.0 Å². The second-order valence-electron chi connectivity index (χ2n) is 4.30. The molecule has 1 aliphatic rings. The Morgan fingerprint density at radius 2 is 2.58 bits per heavy atom. The van der Waals surface area contributed by atoms with Crippen molar-refractivity contribution in [1.29, 1.82) is 0 Å². The van der Waals surface area contributed by atoms with Crippen LogP contribution in [-0.4, -0.2) is 42.9 Å². The molecule has 0 aliphatic carbocycles. The van der Waals surface area contributed by atoms with E-state index in [9.17, 15) is 4.39 Å². The summed E-state index contributed by atoms with van der Waals surface area (Å²) in [6.45, 7) is 5.59. The topological polar surface area (TPSA) is 46.6 Å². The van der Waals surface area contributed by atoms with E-state index >= 15 is 0 Å². The van der Waals surface area contributed by atoms with E-state index in [4.69, 9.17) is 9.57 Å². The Balaban J connectivity index is 2.10. The van der Waals surface area contributed by atoms with Crippen molar-refractivity contribution in [3.63, 3.8) is 0 Å². The van der Waals surface area contributed by atoms with Crippen molar-refractivity contribution in [1.82, 2.24) is 15.4 Å². The van der Waals surface area contributed by atoms with E-state index in [1.807, 2.05) is 5.06 Å². The molecule has 104 valence electrons. The molecule has 5 nitrogen and oxygen atoms in total. The zero-order valence-electron chi connectivity index (χ0n) is 10.9. The fraction of sp³-hybridized carbons (Fsp3) is 0.462. The third-order valence-corrected chi connectivity index (χ3v) is 2.98. The first-order chi connectivity index (χ1) is 9.24. The van der Waals surface area contributed by atoms with Gasteiger partial charge in [-0.15, -0.1) is 0 Å². The van der Waals surface area contributed by atoms with Crippen LogP contribution in [0.5, 0.6) is 0 Å². The van der Waals surface area contributed by atoms with Crippen LogP contribution in [0.3, 0.4) is 0 Å². The highest BCUT2D eigenvalue weighted by atomic mass is 19.1. The lowest BCUT2D eigenvalue weighted by Gasteiger charge is -2.17. The van der Waals surface area contributed by atoms with E-state index in [1.54, 1.807) is 19.4 Å². The first-order valence-corrected chi connectivity index (χ1v) is 6.13. The molecule has 2 rings (SSSR count). The van der Waals surface area contributed by atoms with Gasteiger partial charge in [0, 0.05) is 26.4 Å². The van der Waals surface area contributed by atoms with E-state index in [1.165, 1.54) is 12.3 Å². The number of hydrogen-bond acceptors (Lipinski definition) is 5. The maximum absolute atomic E-state index is 13.2. The van der Waals surface area contributed by atoms with Crippen molar-refractivity contribution in [3.8, 4) is 0 Å². The standard InChI is InChI=1S/C13H18FN3O2/c1-3-15-11-9-17(6-7-18-2)19-13(11)10-4-5-16-12(14)8-10/h3-5,8,11,13,15H,1,6-7,9H2,2H3/t11?,13-/m0/s1. The van der Waals surface area contributed by atoms with Gasteiger partial charge in [-0.1, -0.05) is 6.58 Å². The fourth-order valence-electron chi connectivity index (χ4n) is 2.11. The highest BCUT2D eigenvalue weighted by molar-refractivity contribution is 5.17. The molecule has 19 heavy (non-hydrogen) atoms. The summed E-state index contributed by atoms with van der Waals surface area (Å²) in [5.41, 5.74) is 0.756. The summed E-state index contributed by atoms with van der Waals surface area (Å²) in [6.07, 6.45) is 2.81. The Morgan fingerprint density at radius 3 is 3.26 bits per heavy atom. The van der Waals surface area contributed by atoms with Gasteiger partial charge in [0.1, 0.15) is 6.10 Å². The number of ether oxygens (including phenoxy) is 1. The van der Waals surface area contributed by atoms with Crippen LogP contribution in [0, 0.1) is 5.95 Å². The maximum atomic E-state index is 13.2. The van der Waals surface area contributed by atoms with Gasteiger partial charge in [0.15, 0.2) is 0 Å². The zero-order valence-corrected chi connectivity index (χ0v) is 10.9. The molecule has 1 aromatic heterocycles. The molecule has 0 saturated carbocycles. The first-order valence-electron chi connectivity index (χ1n) is 6.13. The lowest BCUT2D eigenvalue weighted by Crippen LogP contribution is -2.32. The van der Waals surface area contributed by atoms with E-state index in [0.29, 0.717) is 19.7 Å². The quantitative estimate of drug-likeness (QED) is 0.786. The van der Waals surface area contributed by atoms with Crippen molar-refractivity contribution >= 4 is 0 Å². The maximum Gasteiger partial charge on any atom is 0.213 e. The van der Waals surface area contributed by atoms with Gasteiger partial charge >= 0.3 is 0 Å². The van der Waals surface area contributed by atoms with Gasteiger partial charge in [-0.05, 0) is 23.9 Å². The highest BCUT2D eigenvalue weighted by Crippen LogP contribution is 2.29.